The number of hydrogen-bond acceptors (Lipinski definition) is 7. The van der Waals surface area contributed by atoms with Gasteiger partial charge in [0, 0.05) is 0 Å². The number of benzene rings is 1. The maximum Gasteiger partial charge on any atom is 0.338 e. The second-order valence-corrected chi connectivity index (χ2v) is 5.09. The van der Waals surface area contributed by atoms with Crippen molar-refractivity contribution in [1.29, 1.82) is 0 Å². The number of esters is 1. The van der Waals surface area contributed by atoms with Crippen molar-refractivity contribution in [3.05, 3.63) is 35.4 Å². The van der Waals surface area contributed by atoms with Crippen molar-refractivity contribution in [2.24, 2.45) is 0 Å². The topological polar surface area (TPSA) is 116 Å². The molecule has 22 heavy (non-hydrogen) atoms. The summed E-state index contributed by atoms with van der Waals surface area (Å²) in [6.45, 7) is 1.50. The monoisotopic (exact) mass is 312 g/mol. The van der Waals surface area contributed by atoms with E-state index in [2.05, 4.69) is 0 Å². The summed E-state index contributed by atoms with van der Waals surface area (Å²) in [5, 5.41) is 38.7. The molecule has 1 saturated heterocycles. The smallest absolute Gasteiger partial charge is 0.338 e. The zero-order chi connectivity index (χ0) is 16.3. The first kappa shape index (κ1) is 16.9. The molecular weight excluding hydrogens is 292 g/mol. The number of aliphatic hydroxyl groups excluding tert-OH is 4. The maximum absolute atomic E-state index is 11.6. The molecule has 0 aromatic heterocycles. The molecule has 1 heterocycles. The van der Waals surface area contributed by atoms with Gasteiger partial charge in [-0.25, -0.2) is 4.79 Å². The Balaban J connectivity index is 2.18. The van der Waals surface area contributed by atoms with E-state index in [9.17, 15) is 20.1 Å². The lowest BCUT2D eigenvalue weighted by Crippen LogP contribution is -2.55. The highest BCUT2D eigenvalue weighted by Gasteiger charge is 2.43. The molecule has 1 aliphatic heterocycles. The van der Waals surface area contributed by atoms with Gasteiger partial charge in [-0.1, -0.05) is 12.1 Å². The Morgan fingerprint density at radius 2 is 1.77 bits per heavy atom. The fraction of sp³-hybridized carbons (Fsp3) is 0.533. The van der Waals surface area contributed by atoms with E-state index in [0.29, 0.717) is 11.1 Å². The van der Waals surface area contributed by atoms with Crippen LogP contribution in [0.5, 0.6) is 0 Å². The molecule has 0 radical (unpaired) electrons. The Hall–Kier alpha value is -1.51. The van der Waals surface area contributed by atoms with Gasteiger partial charge in [0.15, 0.2) is 0 Å². The van der Waals surface area contributed by atoms with Crippen LogP contribution in [0.4, 0.5) is 0 Å². The van der Waals surface area contributed by atoms with E-state index in [4.69, 9.17) is 14.6 Å². The van der Waals surface area contributed by atoms with E-state index in [-0.39, 0.29) is 6.61 Å². The van der Waals surface area contributed by atoms with Gasteiger partial charge in [-0.05, 0) is 24.6 Å². The van der Waals surface area contributed by atoms with Crippen molar-refractivity contribution in [1.82, 2.24) is 0 Å². The minimum Gasteiger partial charge on any atom is -0.462 e. The normalized spacial score (nSPS) is 31.8. The number of hydrogen-bond donors (Lipinski definition) is 4. The van der Waals surface area contributed by atoms with Gasteiger partial charge in [-0.2, -0.15) is 0 Å². The van der Waals surface area contributed by atoms with Gasteiger partial charge >= 0.3 is 5.97 Å². The predicted octanol–water partition coefficient (Wildman–Crippen LogP) is -0.622. The molecule has 1 aromatic rings. The van der Waals surface area contributed by atoms with Crippen molar-refractivity contribution < 1.29 is 34.7 Å². The van der Waals surface area contributed by atoms with Gasteiger partial charge in [0.25, 0.3) is 0 Å². The summed E-state index contributed by atoms with van der Waals surface area (Å²) >= 11 is 0. The van der Waals surface area contributed by atoms with Crippen LogP contribution in [0.25, 0.3) is 0 Å². The van der Waals surface area contributed by atoms with Crippen LogP contribution < -0.4 is 0 Å². The highest BCUT2D eigenvalue weighted by molar-refractivity contribution is 5.89. The Morgan fingerprint density at radius 1 is 1.14 bits per heavy atom. The first-order valence-electron chi connectivity index (χ1n) is 7.07. The Kier molecular flexibility index (Phi) is 5.49. The first-order valence-corrected chi connectivity index (χ1v) is 7.07. The number of rotatable bonds is 4. The summed E-state index contributed by atoms with van der Waals surface area (Å²) in [4.78, 5) is 11.6. The van der Waals surface area contributed by atoms with Crippen molar-refractivity contribution in [3.8, 4) is 0 Å². The third-order valence-electron chi connectivity index (χ3n) is 3.64. The second kappa shape index (κ2) is 7.17. The van der Waals surface area contributed by atoms with Crippen LogP contribution in [-0.4, -0.2) is 64.0 Å². The summed E-state index contributed by atoms with van der Waals surface area (Å²) < 4.78 is 10.3. The Bertz CT molecular complexity index is 499. The van der Waals surface area contributed by atoms with Crippen molar-refractivity contribution in [2.75, 3.05) is 13.2 Å². The molecule has 7 nitrogen and oxygen atoms in total. The zero-order valence-corrected chi connectivity index (χ0v) is 12.1. The van der Waals surface area contributed by atoms with E-state index >= 15 is 0 Å². The van der Waals surface area contributed by atoms with Crippen LogP contribution >= 0.6 is 0 Å². The average molecular weight is 312 g/mol. The molecule has 5 atom stereocenters. The molecule has 2 rings (SSSR count). The Morgan fingerprint density at radius 3 is 2.32 bits per heavy atom. The van der Waals surface area contributed by atoms with E-state index in [1.54, 1.807) is 19.1 Å². The van der Waals surface area contributed by atoms with Crippen LogP contribution in [0, 0.1) is 0 Å². The molecule has 1 aliphatic rings. The molecule has 0 amide bonds. The zero-order valence-electron chi connectivity index (χ0n) is 12.1. The quantitative estimate of drug-likeness (QED) is 0.547. The minimum absolute atomic E-state index is 0.271. The largest absolute Gasteiger partial charge is 0.462 e. The molecule has 122 valence electrons. The average Bonchev–Trinajstić information content (AvgIpc) is 2.53. The summed E-state index contributed by atoms with van der Waals surface area (Å²) in [6.07, 6.45) is -6.04. The van der Waals surface area contributed by atoms with Gasteiger partial charge in [0.1, 0.15) is 30.5 Å². The van der Waals surface area contributed by atoms with Crippen molar-refractivity contribution >= 4 is 5.97 Å². The summed E-state index contributed by atoms with van der Waals surface area (Å²) in [7, 11) is 0. The van der Waals surface area contributed by atoms with E-state index in [1.807, 2.05) is 0 Å². The van der Waals surface area contributed by atoms with Crippen LogP contribution in [0.2, 0.25) is 0 Å². The second-order valence-electron chi connectivity index (χ2n) is 5.09. The Labute approximate surface area is 127 Å². The summed E-state index contributed by atoms with van der Waals surface area (Å²) in [5.41, 5.74) is 0.875. The van der Waals surface area contributed by atoms with Crippen LogP contribution in [-0.2, 0) is 9.47 Å². The third kappa shape index (κ3) is 3.29. The van der Waals surface area contributed by atoms with Gasteiger partial charge in [-0.15, -0.1) is 0 Å². The lowest BCUT2D eigenvalue weighted by atomic mass is 9.91. The fourth-order valence-electron chi connectivity index (χ4n) is 2.40. The van der Waals surface area contributed by atoms with Crippen LogP contribution in [0.15, 0.2) is 24.3 Å². The van der Waals surface area contributed by atoms with Crippen molar-refractivity contribution in [2.45, 2.75) is 37.4 Å². The molecule has 1 fully saturated rings. The molecule has 1 aromatic carbocycles. The number of ether oxygens (including phenoxy) is 2. The number of carbonyl (C=O) groups is 1. The highest BCUT2D eigenvalue weighted by Crippen LogP contribution is 2.32. The number of aliphatic hydroxyl groups is 4. The third-order valence-corrected chi connectivity index (χ3v) is 3.64. The van der Waals surface area contributed by atoms with Gasteiger partial charge < -0.3 is 29.9 Å². The van der Waals surface area contributed by atoms with Gasteiger partial charge in [0.2, 0.25) is 0 Å². The lowest BCUT2D eigenvalue weighted by Gasteiger charge is -2.40. The van der Waals surface area contributed by atoms with Gasteiger partial charge in [0.05, 0.1) is 18.8 Å². The molecule has 4 N–H and O–H groups in total. The van der Waals surface area contributed by atoms with E-state index < -0.39 is 43.1 Å². The lowest BCUT2D eigenvalue weighted by molar-refractivity contribution is -0.231. The van der Waals surface area contributed by atoms with Crippen LogP contribution in [0.1, 0.15) is 28.9 Å². The summed E-state index contributed by atoms with van der Waals surface area (Å²) in [5.74, 6) is -0.456. The van der Waals surface area contributed by atoms with Crippen LogP contribution in [0.3, 0.4) is 0 Å². The molecule has 7 heteroatoms. The minimum atomic E-state index is -1.43. The molecule has 0 bridgehead atoms. The van der Waals surface area contributed by atoms with E-state index in [1.165, 1.54) is 12.1 Å². The molecular formula is C15H20O7. The fourth-order valence-corrected chi connectivity index (χ4v) is 2.40. The predicted molar refractivity (Wildman–Crippen MR) is 75.1 cm³/mol. The SMILES string of the molecule is CCOC(=O)c1ccc([C@@H]2O[C@H](CO)[C@@H](O)[C@H](O)[C@H]2O)cc1. The van der Waals surface area contributed by atoms with E-state index in [0.717, 1.165) is 0 Å². The first-order chi connectivity index (χ1) is 10.5. The van der Waals surface area contributed by atoms with Crippen molar-refractivity contribution in [3.63, 3.8) is 0 Å². The maximum atomic E-state index is 11.6. The molecule has 0 saturated carbocycles. The molecule has 0 spiro atoms. The summed E-state index contributed by atoms with van der Waals surface area (Å²) in [6, 6.07) is 6.18. The molecule has 0 aliphatic carbocycles. The highest BCUT2D eigenvalue weighted by atomic mass is 16.5. The van der Waals surface area contributed by atoms with Gasteiger partial charge in [-0.3, -0.25) is 0 Å². The number of carbonyl (C=O) groups excluding carboxylic acids is 1. The molecule has 0 unspecified atom stereocenters. The standard InChI is InChI=1S/C15H20O7/c1-2-21-15(20)9-5-3-8(4-6-9)14-13(19)12(18)11(17)10(7-16)22-14/h3-6,10-14,16-19H,2,7H2,1H3/t10-,11-,12+,13-,14+/m1/s1.